The van der Waals surface area contributed by atoms with Gasteiger partial charge in [-0.3, -0.25) is 9.36 Å². The number of nitrogens with zero attached hydrogens (tertiary/aromatic N) is 2. The minimum atomic E-state index is 0.110. The van der Waals surface area contributed by atoms with Gasteiger partial charge in [-0.2, -0.15) is 0 Å². The molecular weight excluding hydrogens is 316 g/mol. The Morgan fingerprint density at radius 3 is 2.62 bits per heavy atom. The minimum Gasteiger partial charge on any atom is -0.294 e. The van der Waals surface area contributed by atoms with Crippen LogP contribution in [0.3, 0.4) is 0 Å². The van der Waals surface area contributed by atoms with Gasteiger partial charge in [-0.25, -0.2) is 4.98 Å². The van der Waals surface area contributed by atoms with Gasteiger partial charge in [-0.15, -0.1) is 11.3 Å². The first-order valence-corrected chi connectivity index (χ1v) is 9.34. The highest BCUT2D eigenvalue weighted by Crippen LogP contribution is 2.34. The number of aryl methyl sites for hydroxylation is 2. The highest BCUT2D eigenvalue weighted by atomic mass is 32.1. The van der Waals surface area contributed by atoms with Crippen LogP contribution in [0.5, 0.6) is 0 Å². The van der Waals surface area contributed by atoms with Crippen LogP contribution in [0.15, 0.2) is 35.4 Å². The van der Waals surface area contributed by atoms with E-state index in [9.17, 15) is 4.79 Å². The Labute approximate surface area is 146 Å². The SMILES string of the molecule is CC(C)(C)c1ccc(Cn2cnc3sc4c(c3c2=O)CCC4)cc1. The Kier molecular flexibility index (Phi) is 3.61. The molecule has 2 heterocycles. The molecular formula is C20H22N2OS. The third-order valence-corrected chi connectivity index (χ3v) is 6.06. The Bertz CT molecular complexity index is 958. The summed E-state index contributed by atoms with van der Waals surface area (Å²) in [4.78, 5) is 19.7. The van der Waals surface area contributed by atoms with Crippen LogP contribution < -0.4 is 5.56 Å². The molecule has 1 aliphatic rings. The summed E-state index contributed by atoms with van der Waals surface area (Å²) in [6, 6.07) is 8.56. The molecule has 0 saturated heterocycles. The average Bonchev–Trinajstić information content (AvgIpc) is 3.10. The summed E-state index contributed by atoms with van der Waals surface area (Å²) in [7, 11) is 0. The normalized spacial score (nSPS) is 14.3. The molecule has 3 nitrogen and oxygen atoms in total. The van der Waals surface area contributed by atoms with E-state index in [0.717, 1.165) is 28.6 Å². The molecule has 0 atom stereocenters. The molecule has 4 rings (SSSR count). The first-order chi connectivity index (χ1) is 11.4. The zero-order valence-corrected chi connectivity index (χ0v) is 15.2. The van der Waals surface area contributed by atoms with Gasteiger partial charge in [0.1, 0.15) is 4.83 Å². The molecule has 0 fully saturated rings. The monoisotopic (exact) mass is 338 g/mol. The quantitative estimate of drug-likeness (QED) is 0.698. The van der Waals surface area contributed by atoms with Crippen LogP contribution >= 0.6 is 11.3 Å². The third kappa shape index (κ3) is 2.59. The van der Waals surface area contributed by atoms with E-state index in [1.54, 1.807) is 22.2 Å². The van der Waals surface area contributed by atoms with Gasteiger partial charge in [0.15, 0.2) is 0 Å². The van der Waals surface area contributed by atoms with Gasteiger partial charge in [0.25, 0.3) is 5.56 Å². The van der Waals surface area contributed by atoms with E-state index < -0.39 is 0 Å². The molecule has 3 aromatic rings. The van der Waals surface area contributed by atoms with Gasteiger partial charge in [0, 0.05) is 4.88 Å². The highest BCUT2D eigenvalue weighted by molar-refractivity contribution is 7.18. The van der Waals surface area contributed by atoms with Gasteiger partial charge in [-0.1, -0.05) is 45.0 Å². The number of benzene rings is 1. The zero-order valence-electron chi connectivity index (χ0n) is 14.4. The lowest BCUT2D eigenvalue weighted by atomic mass is 9.87. The molecule has 4 heteroatoms. The van der Waals surface area contributed by atoms with Crippen LogP contribution in [0.25, 0.3) is 10.2 Å². The molecule has 124 valence electrons. The lowest BCUT2D eigenvalue weighted by Gasteiger charge is -2.19. The fourth-order valence-corrected chi connectivity index (χ4v) is 4.66. The molecule has 0 bridgehead atoms. The summed E-state index contributed by atoms with van der Waals surface area (Å²) < 4.78 is 1.75. The molecule has 0 spiro atoms. The lowest BCUT2D eigenvalue weighted by Crippen LogP contribution is -2.21. The fraction of sp³-hybridized carbons (Fsp3) is 0.400. The fourth-order valence-electron chi connectivity index (χ4n) is 3.44. The molecule has 0 amide bonds. The number of hydrogen-bond donors (Lipinski definition) is 0. The lowest BCUT2D eigenvalue weighted by molar-refractivity contribution is 0.589. The maximum absolute atomic E-state index is 12.9. The molecule has 0 aliphatic heterocycles. The maximum atomic E-state index is 12.9. The van der Waals surface area contributed by atoms with Crippen molar-refractivity contribution >= 4 is 21.6 Å². The van der Waals surface area contributed by atoms with Gasteiger partial charge < -0.3 is 0 Å². The molecule has 0 radical (unpaired) electrons. The summed E-state index contributed by atoms with van der Waals surface area (Å²) in [6.07, 6.45) is 4.99. The Balaban J connectivity index is 1.70. The molecule has 2 aromatic heterocycles. The van der Waals surface area contributed by atoms with E-state index in [1.165, 1.54) is 22.4 Å². The number of thiophene rings is 1. The number of rotatable bonds is 2. The first-order valence-electron chi connectivity index (χ1n) is 8.52. The van der Waals surface area contributed by atoms with Gasteiger partial charge >= 0.3 is 0 Å². The van der Waals surface area contributed by atoms with Crippen molar-refractivity contribution in [1.82, 2.24) is 9.55 Å². The summed E-state index contributed by atoms with van der Waals surface area (Å²) in [6.45, 7) is 7.21. The van der Waals surface area contributed by atoms with Crippen molar-refractivity contribution in [2.24, 2.45) is 0 Å². The van der Waals surface area contributed by atoms with E-state index in [4.69, 9.17) is 0 Å². The second-order valence-corrected chi connectivity index (χ2v) is 8.75. The average molecular weight is 338 g/mol. The standard InChI is InChI=1S/C20H22N2OS/c1-20(2,3)14-9-7-13(8-10-14)11-22-12-21-18-17(19(22)23)15-5-4-6-16(15)24-18/h7-10,12H,4-6,11H2,1-3H3. The second-order valence-electron chi connectivity index (χ2n) is 7.66. The predicted molar refractivity (Wildman–Crippen MR) is 100 cm³/mol. The van der Waals surface area contributed by atoms with Crippen LogP contribution in [0, 0.1) is 0 Å². The summed E-state index contributed by atoms with van der Waals surface area (Å²) in [5.74, 6) is 0. The van der Waals surface area contributed by atoms with Crippen LogP contribution in [0.4, 0.5) is 0 Å². The number of aromatic nitrogens is 2. The summed E-state index contributed by atoms with van der Waals surface area (Å²) >= 11 is 1.70. The van der Waals surface area contributed by atoms with Crippen LogP contribution in [0.2, 0.25) is 0 Å². The topological polar surface area (TPSA) is 34.9 Å². The number of hydrogen-bond acceptors (Lipinski definition) is 3. The summed E-state index contributed by atoms with van der Waals surface area (Å²) in [5, 5.41) is 0.862. The summed E-state index contributed by atoms with van der Waals surface area (Å²) in [5.41, 5.74) is 3.96. The Morgan fingerprint density at radius 2 is 1.92 bits per heavy atom. The van der Waals surface area contributed by atoms with Crippen molar-refractivity contribution in [3.8, 4) is 0 Å². The van der Waals surface area contributed by atoms with Crippen molar-refractivity contribution in [2.45, 2.75) is 52.0 Å². The molecule has 0 N–H and O–H groups in total. The van der Waals surface area contributed by atoms with E-state index in [0.29, 0.717) is 6.54 Å². The number of fused-ring (bicyclic) bond motifs is 3. The Morgan fingerprint density at radius 1 is 1.17 bits per heavy atom. The van der Waals surface area contributed by atoms with E-state index in [1.807, 2.05) is 0 Å². The van der Waals surface area contributed by atoms with Crippen molar-refractivity contribution in [3.05, 3.63) is 62.5 Å². The van der Waals surface area contributed by atoms with Crippen molar-refractivity contribution < 1.29 is 0 Å². The smallest absolute Gasteiger partial charge is 0.262 e. The minimum absolute atomic E-state index is 0.110. The van der Waals surface area contributed by atoms with E-state index in [2.05, 4.69) is 50.0 Å². The largest absolute Gasteiger partial charge is 0.294 e. The van der Waals surface area contributed by atoms with E-state index in [-0.39, 0.29) is 11.0 Å². The maximum Gasteiger partial charge on any atom is 0.262 e. The van der Waals surface area contributed by atoms with Crippen LogP contribution in [0.1, 0.15) is 48.8 Å². The molecule has 0 unspecified atom stereocenters. The first kappa shape index (κ1) is 15.6. The van der Waals surface area contributed by atoms with Gasteiger partial charge in [-0.05, 0) is 41.4 Å². The molecule has 0 saturated carbocycles. The molecule has 1 aliphatic carbocycles. The zero-order chi connectivity index (χ0) is 16.9. The molecule has 1 aromatic carbocycles. The van der Waals surface area contributed by atoms with Crippen molar-refractivity contribution in [3.63, 3.8) is 0 Å². The van der Waals surface area contributed by atoms with Gasteiger partial charge in [0.05, 0.1) is 18.3 Å². The molecule has 24 heavy (non-hydrogen) atoms. The highest BCUT2D eigenvalue weighted by Gasteiger charge is 2.21. The van der Waals surface area contributed by atoms with Crippen molar-refractivity contribution in [2.75, 3.05) is 0 Å². The second kappa shape index (κ2) is 5.55. The van der Waals surface area contributed by atoms with Crippen LogP contribution in [-0.2, 0) is 24.8 Å². The predicted octanol–water partition coefficient (Wildman–Crippen LogP) is 4.29. The van der Waals surface area contributed by atoms with Crippen molar-refractivity contribution in [1.29, 1.82) is 0 Å². The van der Waals surface area contributed by atoms with Gasteiger partial charge in [0.2, 0.25) is 0 Å². The third-order valence-electron chi connectivity index (χ3n) is 4.86. The Hall–Kier alpha value is -1.94. The van der Waals surface area contributed by atoms with Crippen LogP contribution in [-0.4, -0.2) is 9.55 Å². The van der Waals surface area contributed by atoms with E-state index >= 15 is 0 Å².